The fourth-order valence-corrected chi connectivity index (χ4v) is 3.68. The first-order valence-electron chi connectivity index (χ1n) is 8.62. The molecule has 1 rings (SSSR count). The fourth-order valence-electron chi connectivity index (χ4n) is 3.68. The lowest BCUT2D eigenvalue weighted by Crippen LogP contribution is -2.48. The number of hydrogen-bond donors (Lipinski definition) is 1. The first kappa shape index (κ1) is 17.0. The van der Waals surface area contributed by atoms with Gasteiger partial charge in [-0.15, -0.1) is 0 Å². The molecule has 19 heavy (non-hydrogen) atoms. The van der Waals surface area contributed by atoms with Crippen molar-refractivity contribution in [3.63, 3.8) is 0 Å². The van der Waals surface area contributed by atoms with E-state index in [1.807, 2.05) is 0 Å². The second kappa shape index (κ2) is 8.97. The van der Waals surface area contributed by atoms with Crippen LogP contribution < -0.4 is 5.32 Å². The third-order valence-corrected chi connectivity index (χ3v) is 5.02. The molecule has 1 aliphatic heterocycles. The van der Waals surface area contributed by atoms with Gasteiger partial charge in [0.2, 0.25) is 0 Å². The Hall–Kier alpha value is -0.0800. The van der Waals surface area contributed by atoms with E-state index in [1.165, 1.54) is 71.2 Å². The monoisotopic (exact) mass is 268 g/mol. The summed E-state index contributed by atoms with van der Waals surface area (Å²) in [5.41, 5.74) is 0.551. The molecule has 0 amide bonds. The second-order valence-electron chi connectivity index (χ2n) is 6.54. The Labute approximate surface area is 121 Å². The van der Waals surface area contributed by atoms with E-state index in [9.17, 15) is 0 Å². The highest BCUT2D eigenvalue weighted by Gasteiger charge is 2.32. The average molecular weight is 268 g/mol. The molecule has 1 N–H and O–H groups in total. The highest BCUT2D eigenvalue weighted by molar-refractivity contribution is 4.88. The van der Waals surface area contributed by atoms with Crippen LogP contribution in [0.25, 0.3) is 0 Å². The van der Waals surface area contributed by atoms with Gasteiger partial charge in [0, 0.05) is 19.6 Å². The molecule has 2 heteroatoms. The standard InChI is InChI=1S/C17H36N2/c1-5-10-17(11-9-12-18-14-17)15-19(8-4)13-16(6-2)7-3/h16,18H,5-15H2,1-4H3. The van der Waals surface area contributed by atoms with E-state index < -0.39 is 0 Å². The van der Waals surface area contributed by atoms with Crippen LogP contribution in [0, 0.1) is 11.3 Å². The molecule has 0 spiro atoms. The highest BCUT2D eigenvalue weighted by atomic mass is 15.1. The molecule has 0 aliphatic carbocycles. The summed E-state index contributed by atoms with van der Waals surface area (Å²) in [5, 5.41) is 3.64. The van der Waals surface area contributed by atoms with Crippen molar-refractivity contribution in [2.75, 3.05) is 32.7 Å². The lowest BCUT2D eigenvalue weighted by molar-refractivity contribution is 0.0970. The van der Waals surface area contributed by atoms with Crippen molar-refractivity contribution in [1.82, 2.24) is 10.2 Å². The molecule has 0 aromatic rings. The van der Waals surface area contributed by atoms with Crippen LogP contribution in [-0.4, -0.2) is 37.6 Å². The minimum Gasteiger partial charge on any atom is -0.316 e. The molecule has 0 saturated carbocycles. The Morgan fingerprint density at radius 3 is 2.37 bits per heavy atom. The Balaban J connectivity index is 2.58. The summed E-state index contributed by atoms with van der Waals surface area (Å²) in [5.74, 6) is 0.884. The summed E-state index contributed by atoms with van der Waals surface area (Å²) in [6.45, 7) is 15.6. The summed E-state index contributed by atoms with van der Waals surface area (Å²) in [7, 11) is 0. The zero-order valence-corrected chi connectivity index (χ0v) is 13.8. The Morgan fingerprint density at radius 1 is 1.16 bits per heavy atom. The third-order valence-electron chi connectivity index (χ3n) is 5.02. The van der Waals surface area contributed by atoms with Gasteiger partial charge in [-0.2, -0.15) is 0 Å². The maximum absolute atomic E-state index is 3.64. The largest absolute Gasteiger partial charge is 0.316 e. The lowest BCUT2D eigenvalue weighted by Gasteiger charge is -2.42. The molecule has 0 aromatic carbocycles. The van der Waals surface area contributed by atoms with Crippen molar-refractivity contribution in [1.29, 1.82) is 0 Å². The molecule has 1 saturated heterocycles. The van der Waals surface area contributed by atoms with Gasteiger partial charge in [0.15, 0.2) is 0 Å². The van der Waals surface area contributed by atoms with Gasteiger partial charge in [-0.05, 0) is 43.7 Å². The number of nitrogens with zero attached hydrogens (tertiary/aromatic N) is 1. The van der Waals surface area contributed by atoms with Crippen LogP contribution in [0.4, 0.5) is 0 Å². The summed E-state index contributed by atoms with van der Waals surface area (Å²) in [4.78, 5) is 2.72. The van der Waals surface area contributed by atoms with E-state index in [0.29, 0.717) is 5.41 Å². The van der Waals surface area contributed by atoms with Crippen LogP contribution in [0.1, 0.15) is 66.2 Å². The highest BCUT2D eigenvalue weighted by Crippen LogP contribution is 2.33. The van der Waals surface area contributed by atoms with Crippen molar-refractivity contribution in [2.45, 2.75) is 66.2 Å². The van der Waals surface area contributed by atoms with Crippen LogP contribution in [0.3, 0.4) is 0 Å². The molecule has 1 fully saturated rings. The summed E-state index contributed by atoms with van der Waals surface area (Å²) < 4.78 is 0. The predicted octanol–water partition coefficient (Wildman–Crippen LogP) is 3.91. The number of hydrogen-bond acceptors (Lipinski definition) is 2. The first-order chi connectivity index (χ1) is 9.19. The van der Waals surface area contributed by atoms with Gasteiger partial charge in [-0.3, -0.25) is 0 Å². The molecule has 1 aliphatic rings. The molecule has 1 heterocycles. The van der Waals surface area contributed by atoms with Crippen LogP contribution in [0.5, 0.6) is 0 Å². The topological polar surface area (TPSA) is 15.3 Å². The third kappa shape index (κ3) is 5.43. The molecule has 0 radical (unpaired) electrons. The number of piperidine rings is 1. The van der Waals surface area contributed by atoms with Gasteiger partial charge >= 0.3 is 0 Å². The van der Waals surface area contributed by atoms with Crippen molar-refractivity contribution in [3.8, 4) is 0 Å². The molecular weight excluding hydrogens is 232 g/mol. The average Bonchev–Trinajstić information content (AvgIpc) is 2.44. The minimum atomic E-state index is 0.551. The molecule has 114 valence electrons. The zero-order valence-electron chi connectivity index (χ0n) is 13.8. The van der Waals surface area contributed by atoms with Crippen molar-refractivity contribution in [3.05, 3.63) is 0 Å². The van der Waals surface area contributed by atoms with Crippen LogP contribution in [0.2, 0.25) is 0 Å². The minimum absolute atomic E-state index is 0.551. The van der Waals surface area contributed by atoms with Gasteiger partial charge in [-0.25, -0.2) is 0 Å². The maximum atomic E-state index is 3.64. The van der Waals surface area contributed by atoms with E-state index >= 15 is 0 Å². The first-order valence-corrected chi connectivity index (χ1v) is 8.62. The molecule has 0 aromatic heterocycles. The number of rotatable bonds is 9. The molecule has 1 atom stereocenters. The summed E-state index contributed by atoms with van der Waals surface area (Å²) >= 11 is 0. The number of nitrogens with one attached hydrogen (secondary N) is 1. The van der Waals surface area contributed by atoms with Gasteiger partial charge in [-0.1, -0.05) is 47.0 Å². The second-order valence-corrected chi connectivity index (χ2v) is 6.54. The lowest BCUT2D eigenvalue weighted by atomic mass is 9.76. The van der Waals surface area contributed by atoms with Gasteiger partial charge in [0.1, 0.15) is 0 Å². The molecule has 2 nitrogen and oxygen atoms in total. The molecule has 0 bridgehead atoms. The van der Waals surface area contributed by atoms with Crippen molar-refractivity contribution >= 4 is 0 Å². The normalized spacial score (nSPS) is 24.3. The van der Waals surface area contributed by atoms with Crippen LogP contribution >= 0.6 is 0 Å². The SMILES string of the molecule is CCCC1(CN(CC)CC(CC)CC)CCCNC1. The van der Waals surface area contributed by atoms with Crippen LogP contribution in [-0.2, 0) is 0 Å². The van der Waals surface area contributed by atoms with Crippen molar-refractivity contribution < 1.29 is 0 Å². The zero-order chi connectivity index (χ0) is 14.1. The predicted molar refractivity (Wildman–Crippen MR) is 85.6 cm³/mol. The van der Waals surface area contributed by atoms with E-state index in [-0.39, 0.29) is 0 Å². The smallest absolute Gasteiger partial charge is 0.00501 e. The molecule has 1 unspecified atom stereocenters. The van der Waals surface area contributed by atoms with E-state index in [2.05, 4.69) is 37.9 Å². The summed E-state index contributed by atoms with van der Waals surface area (Å²) in [6, 6.07) is 0. The van der Waals surface area contributed by atoms with Gasteiger partial charge < -0.3 is 10.2 Å². The quantitative estimate of drug-likeness (QED) is 0.682. The maximum Gasteiger partial charge on any atom is 0.00501 e. The van der Waals surface area contributed by atoms with Crippen LogP contribution in [0.15, 0.2) is 0 Å². The van der Waals surface area contributed by atoms with E-state index in [0.717, 1.165) is 5.92 Å². The van der Waals surface area contributed by atoms with Crippen molar-refractivity contribution in [2.24, 2.45) is 11.3 Å². The van der Waals surface area contributed by atoms with E-state index in [1.54, 1.807) is 0 Å². The molecular formula is C17H36N2. The Morgan fingerprint density at radius 2 is 1.89 bits per heavy atom. The van der Waals surface area contributed by atoms with E-state index in [4.69, 9.17) is 0 Å². The van der Waals surface area contributed by atoms with Gasteiger partial charge in [0.25, 0.3) is 0 Å². The Kier molecular flexibility index (Phi) is 8.01. The summed E-state index contributed by atoms with van der Waals surface area (Å²) in [6.07, 6.45) is 8.15. The Bertz CT molecular complexity index is 212. The van der Waals surface area contributed by atoms with Gasteiger partial charge in [0.05, 0.1) is 0 Å². The fraction of sp³-hybridized carbons (Fsp3) is 1.00.